The first kappa shape index (κ1) is 14.9. The third-order valence-corrected chi connectivity index (χ3v) is 3.86. The van der Waals surface area contributed by atoms with Crippen molar-refractivity contribution in [3.05, 3.63) is 0 Å². The van der Waals surface area contributed by atoms with E-state index >= 15 is 0 Å². The molecule has 0 amide bonds. The van der Waals surface area contributed by atoms with E-state index in [0.717, 1.165) is 13.1 Å². The normalized spacial score (nSPS) is 20.3. The van der Waals surface area contributed by atoms with Crippen LogP contribution in [-0.4, -0.2) is 62.2 Å². The van der Waals surface area contributed by atoms with Gasteiger partial charge < -0.3 is 15.1 Å². The second-order valence-electron chi connectivity index (χ2n) is 5.97. The Morgan fingerprint density at radius 3 is 2.41 bits per heavy atom. The summed E-state index contributed by atoms with van der Waals surface area (Å²) in [6.45, 7) is 18.7. The predicted molar refractivity (Wildman–Crippen MR) is 75.5 cm³/mol. The smallest absolute Gasteiger partial charge is 0.0107 e. The van der Waals surface area contributed by atoms with Gasteiger partial charge >= 0.3 is 0 Å². The van der Waals surface area contributed by atoms with Gasteiger partial charge in [-0.1, -0.05) is 27.7 Å². The Bertz CT molecular complexity index is 200. The maximum absolute atomic E-state index is 3.56. The van der Waals surface area contributed by atoms with Crippen LogP contribution in [0.1, 0.15) is 34.1 Å². The number of likely N-dealkylation sites (N-methyl/N-ethyl adjacent to an activating group) is 1. The van der Waals surface area contributed by atoms with Crippen LogP contribution in [0, 0.1) is 5.41 Å². The molecule has 0 bridgehead atoms. The van der Waals surface area contributed by atoms with Crippen LogP contribution in [0.4, 0.5) is 0 Å². The van der Waals surface area contributed by atoms with Gasteiger partial charge in [0, 0.05) is 32.7 Å². The zero-order valence-electron chi connectivity index (χ0n) is 12.3. The van der Waals surface area contributed by atoms with E-state index in [-0.39, 0.29) is 0 Å². The van der Waals surface area contributed by atoms with Crippen molar-refractivity contribution in [1.29, 1.82) is 0 Å². The second-order valence-corrected chi connectivity index (χ2v) is 5.97. The van der Waals surface area contributed by atoms with Crippen LogP contribution in [0.15, 0.2) is 0 Å². The van der Waals surface area contributed by atoms with Crippen molar-refractivity contribution >= 4 is 0 Å². The van der Waals surface area contributed by atoms with Crippen LogP contribution >= 0.6 is 0 Å². The van der Waals surface area contributed by atoms with Gasteiger partial charge in [0.25, 0.3) is 0 Å². The molecule has 1 aliphatic heterocycles. The van der Waals surface area contributed by atoms with Gasteiger partial charge in [0.05, 0.1) is 0 Å². The van der Waals surface area contributed by atoms with E-state index in [1.54, 1.807) is 0 Å². The molecule has 3 nitrogen and oxygen atoms in total. The molecule has 0 aromatic rings. The average Bonchev–Trinajstić information content (AvgIpc) is 2.63. The van der Waals surface area contributed by atoms with Gasteiger partial charge in [-0.15, -0.1) is 0 Å². The third kappa shape index (κ3) is 5.84. The lowest BCUT2D eigenvalue weighted by Crippen LogP contribution is -2.36. The fourth-order valence-corrected chi connectivity index (χ4v) is 2.55. The molecular formula is C14H31N3. The summed E-state index contributed by atoms with van der Waals surface area (Å²) < 4.78 is 0. The highest BCUT2D eigenvalue weighted by Crippen LogP contribution is 2.28. The summed E-state index contributed by atoms with van der Waals surface area (Å²) in [5.41, 5.74) is 0.543. The first-order valence-corrected chi connectivity index (χ1v) is 7.23. The number of nitrogens with zero attached hydrogens (tertiary/aromatic N) is 2. The molecule has 102 valence electrons. The number of nitrogens with one attached hydrogen (secondary N) is 1. The van der Waals surface area contributed by atoms with Crippen LogP contribution in [0.3, 0.4) is 0 Å². The van der Waals surface area contributed by atoms with E-state index in [4.69, 9.17) is 0 Å². The molecule has 0 spiro atoms. The van der Waals surface area contributed by atoms with Gasteiger partial charge in [0.2, 0.25) is 0 Å². The summed E-state index contributed by atoms with van der Waals surface area (Å²) in [6.07, 6.45) is 1.35. The summed E-state index contributed by atoms with van der Waals surface area (Å²) in [5, 5.41) is 3.56. The van der Waals surface area contributed by atoms with Crippen molar-refractivity contribution in [2.24, 2.45) is 5.41 Å². The maximum Gasteiger partial charge on any atom is 0.0107 e. The number of hydrogen-bond acceptors (Lipinski definition) is 3. The summed E-state index contributed by atoms with van der Waals surface area (Å²) in [7, 11) is 0. The third-order valence-electron chi connectivity index (χ3n) is 3.86. The molecule has 1 rings (SSSR count). The van der Waals surface area contributed by atoms with E-state index in [2.05, 4.69) is 42.8 Å². The minimum absolute atomic E-state index is 0.543. The molecular weight excluding hydrogens is 210 g/mol. The average molecular weight is 241 g/mol. The summed E-state index contributed by atoms with van der Waals surface area (Å²) in [6, 6.07) is 0. The molecule has 0 saturated carbocycles. The monoisotopic (exact) mass is 241 g/mol. The molecule has 0 radical (unpaired) electrons. The Kier molecular flexibility index (Phi) is 6.45. The molecule has 0 aromatic carbocycles. The lowest BCUT2D eigenvalue weighted by atomic mass is 9.93. The van der Waals surface area contributed by atoms with Crippen LogP contribution in [0.5, 0.6) is 0 Å². The van der Waals surface area contributed by atoms with Crippen molar-refractivity contribution in [3.63, 3.8) is 0 Å². The quantitative estimate of drug-likeness (QED) is 0.652. The molecule has 1 aliphatic rings. The Balaban J connectivity index is 1.98. The van der Waals surface area contributed by atoms with Crippen LogP contribution < -0.4 is 5.32 Å². The minimum Gasteiger partial charge on any atom is -0.314 e. The van der Waals surface area contributed by atoms with E-state index in [9.17, 15) is 0 Å². The first-order chi connectivity index (χ1) is 8.07. The highest BCUT2D eigenvalue weighted by molar-refractivity contribution is 4.82. The van der Waals surface area contributed by atoms with Gasteiger partial charge in [-0.05, 0) is 31.5 Å². The zero-order chi connectivity index (χ0) is 12.7. The van der Waals surface area contributed by atoms with E-state index in [1.807, 2.05) is 0 Å². The fraction of sp³-hybridized carbons (Fsp3) is 1.00. The van der Waals surface area contributed by atoms with Crippen molar-refractivity contribution in [1.82, 2.24) is 15.1 Å². The van der Waals surface area contributed by atoms with E-state index in [1.165, 1.54) is 45.7 Å². The Morgan fingerprint density at radius 1 is 1.18 bits per heavy atom. The maximum atomic E-state index is 3.56. The first-order valence-electron chi connectivity index (χ1n) is 7.23. The fourth-order valence-electron chi connectivity index (χ4n) is 2.55. The molecule has 0 aromatic heterocycles. The largest absolute Gasteiger partial charge is 0.314 e. The van der Waals surface area contributed by atoms with E-state index in [0.29, 0.717) is 5.41 Å². The Hall–Kier alpha value is -0.120. The van der Waals surface area contributed by atoms with Crippen molar-refractivity contribution < 1.29 is 0 Å². The number of hydrogen-bond donors (Lipinski definition) is 1. The molecule has 1 heterocycles. The molecule has 0 atom stereocenters. The SMILES string of the molecule is CCN(CC)CCNCCN1CCC(C)(C)C1. The molecule has 0 aliphatic carbocycles. The summed E-state index contributed by atoms with van der Waals surface area (Å²) >= 11 is 0. The molecule has 3 heteroatoms. The van der Waals surface area contributed by atoms with Crippen LogP contribution in [0.2, 0.25) is 0 Å². The Morgan fingerprint density at radius 2 is 1.88 bits per heavy atom. The van der Waals surface area contributed by atoms with Gasteiger partial charge in [-0.2, -0.15) is 0 Å². The van der Waals surface area contributed by atoms with Crippen LogP contribution in [-0.2, 0) is 0 Å². The molecule has 17 heavy (non-hydrogen) atoms. The molecule has 1 saturated heterocycles. The molecule has 0 unspecified atom stereocenters. The molecule has 1 fully saturated rings. The highest BCUT2D eigenvalue weighted by atomic mass is 15.2. The summed E-state index contributed by atoms with van der Waals surface area (Å²) in [5.74, 6) is 0. The van der Waals surface area contributed by atoms with Gasteiger partial charge in [0.1, 0.15) is 0 Å². The standard InChI is InChI=1S/C14H31N3/c1-5-16(6-2)11-8-15-9-12-17-10-7-14(3,4)13-17/h15H,5-13H2,1-4H3. The zero-order valence-corrected chi connectivity index (χ0v) is 12.3. The van der Waals surface area contributed by atoms with Gasteiger partial charge in [-0.3, -0.25) is 0 Å². The van der Waals surface area contributed by atoms with Crippen molar-refractivity contribution in [2.75, 3.05) is 52.4 Å². The lowest BCUT2D eigenvalue weighted by molar-refractivity contribution is 0.278. The second kappa shape index (κ2) is 7.34. The number of likely N-dealkylation sites (tertiary alicyclic amines) is 1. The minimum atomic E-state index is 0.543. The van der Waals surface area contributed by atoms with E-state index < -0.39 is 0 Å². The van der Waals surface area contributed by atoms with Crippen molar-refractivity contribution in [2.45, 2.75) is 34.1 Å². The lowest BCUT2D eigenvalue weighted by Gasteiger charge is -2.21. The number of rotatable bonds is 8. The highest BCUT2D eigenvalue weighted by Gasteiger charge is 2.28. The van der Waals surface area contributed by atoms with Crippen LogP contribution in [0.25, 0.3) is 0 Å². The van der Waals surface area contributed by atoms with Crippen molar-refractivity contribution in [3.8, 4) is 0 Å². The predicted octanol–water partition coefficient (Wildman–Crippen LogP) is 1.65. The molecule has 1 N–H and O–H groups in total. The van der Waals surface area contributed by atoms with Gasteiger partial charge in [-0.25, -0.2) is 0 Å². The van der Waals surface area contributed by atoms with Gasteiger partial charge in [0.15, 0.2) is 0 Å². The summed E-state index contributed by atoms with van der Waals surface area (Å²) in [4.78, 5) is 5.05. The topological polar surface area (TPSA) is 18.5 Å². The Labute approximate surface area is 108 Å².